The Labute approximate surface area is 148 Å². The molecule has 2 fully saturated rings. The van der Waals surface area contributed by atoms with Crippen LogP contribution in [0.25, 0.3) is 0 Å². The molecule has 2 heterocycles. The third-order valence-corrected chi connectivity index (χ3v) is 3.66. The first kappa shape index (κ1) is 21.7. The van der Waals surface area contributed by atoms with Crippen LogP contribution in [0.2, 0.25) is 0 Å². The highest BCUT2D eigenvalue weighted by Gasteiger charge is 2.02. The second-order valence-corrected chi connectivity index (χ2v) is 5.43. The lowest BCUT2D eigenvalue weighted by molar-refractivity contribution is 0.349. The van der Waals surface area contributed by atoms with Gasteiger partial charge in [0.05, 0.1) is 0 Å². The van der Waals surface area contributed by atoms with Crippen LogP contribution in [0.4, 0.5) is 0 Å². The van der Waals surface area contributed by atoms with E-state index in [1.54, 1.807) is 0 Å². The van der Waals surface area contributed by atoms with E-state index in [1.165, 1.54) is 77.5 Å². The Morgan fingerprint density at radius 3 is 0.889 bits per heavy atom. The van der Waals surface area contributed by atoms with E-state index < -0.39 is 0 Å². The standard InChI is InChI=1S/2C7H15N.2HI/c2*1-8-6-4-2-3-5-7-8;;/h2*2-7H2,1H3;2*1H. The number of nitrogens with zero attached hydrogens (tertiary/aromatic N) is 2. The Bertz CT molecular complexity index is 134. The molecular weight excluding hydrogens is 450 g/mol. The maximum Gasteiger partial charge on any atom is -0.00218 e. The van der Waals surface area contributed by atoms with E-state index in [1.807, 2.05) is 0 Å². The van der Waals surface area contributed by atoms with E-state index in [0.29, 0.717) is 0 Å². The minimum atomic E-state index is 0. The van der Waals surface area contributed by atoms with Gasteiger partial charge in [-0.15, -0.1) is 48.0 Å². The molecule has 0 aromatic carbocycles. The zero-order chi connectivity index (χ0) is 11.6. The van der Waals surface area contributed by atoms with E-state index in [4.69, 9.17) is 0 Å². The lowest BCUT2D eigenvalue weighted by atomic mass is 10.2. The fraction of sp³-hybridized carbons (Fsp3) is 1.00. The van der Waals surface area contributed by atoms with Crippen molar-refractivity contribution in [3.8, 4) is 0 Å². The molecule has 2 nitrogen and oxygen atoms in total. The zero-order valence-corrected chi connectivity index (χ0v) is 16.9. The second-order valence-electron chi connectivity index (χ2n) is 5.43. The molecule has 0 bridgehead atoms. The average Bonchev–Trinajstić information content (AvgIpc) is 2.64. The predicted molar refractivity (Wildman–Crippen MR) is 103 cm³/mol. The minimum Gasteiger partial charge on any atom is -0.306 e. The quantitative estimate of drug-likeness (QED) is 0.478. The molecule has 18 heavy (non-hydrogen) atoms. The molecule has 2 aliphatic rings. The maximum atomic E-state index is 2.42. The third-order valence-electron chi connectivity index (χ3n) is 3.66. The summed E-state index contributed by atoms with van der Waals surface area (Å²) in [5, 5.41) is 0. The summed E-state index contributed by atoms with van der Waals surface area (Å²) in [5.41, 5.74) is 0. The Morgan fingerprint density at radius 1 is 0.444 bits per heavy atom. The summed E-state index contributed by atoms with van der Waals surface area (Å²) >= 11 is 0. The lowest BCUT2D eigenvalue weighted by Gasteiger charge is -2.10. The van der Waals surface area contributed by atoms with Crippen molar-refractivity contribution in [3.63, 3.8) is 0 Å². The van der Waals surface area contributed by atoms with Gasteiger partial charge >= 0.3 is 0 Å². The van der Waals surface area contributed by atoms with Crippen molar-refractivity contribution >= 4 is 48.0 Å². The van der Waals surface area contributed by atoms with Crippen LogP contribution in [0.15, 0.2) is 0 Å². The molecule has 2 saturated heterocycles. The first-order chi connectivity index (χ1) is 7.79. The van der Waals surface area contributed by atoms with Gasteiger partial charge in [0.25, 0.3) is 0 Å². The first-order valence-corrected chi connectivity index (χ1v) is 7.16. The van der Waals surface area contributed by atoms with Gasteiger partial charge in [-0.2, -0.15) is 0 Å². The lowest BCUT2D eigenvalue weighted by Crippen LogP contribution is -2.18. The van der Waals surface area contributed by atoms with Crippen molar-refractivity contribution in [3.05, 3.63) is 0 Å². The summed E-state index contributed by atoms with van der Waals surface area (Å²) in [6.45, 7) is 5.28. The van der Waals surface area contributed by atoms with Crippen molar-refractivity contribution in [2.24, 2.45) is 0 Å². The van der Waals surface area contributed by atoms with Crippen LogP contribution in [-0.4, -0.2) is 50.1 Å². The van der Waals surface area contributed by atoms with Crippen molar-refractivity contribution in [1.82, 2.24) is 9.80 Å². The Hall–Kier alpha value is 1.38. The largest absolute Gasteiger partial charge is 0.306 e. The van der Waals surface area contributed by atoms with Crippen molar-refractivity contribution in [2.75, 3.05) is 40.3 Å². The summed E-state index contributed by atoms with van der Waals surface area (Å²) in [4.78, 5) is 4.85. The van der Waals surface area contributed by atoms with Gasteiger partial charge in [-0.3, -0.25) is 0 Å². The highest BCUT2D eigenvalue weighted by molar-refractivity contribution is 14.0. The number of hydrogen-bond donors (Lipinski definition) is 0. The minimum absolute atomic E-state index is 0. The topological polar surface area (TPSA) is 6.48 Å². The third kappa shape index (κ3) is 12.4. The van der Waals surface area contributed by atoms with Crippen LogP contribution >= 0.6 is 48.0 Å². The molecule has 0 amide bonds. The van der Waals surface area contributed by atoms with Crippen molar-refractivity contribution < 1.29 is 0 Å². The molecular formula is C14H32I2N2. The van der Waals surface area contributed by atoms with E-state index in [-0.39, 0.29) is 48.0 Å². The predicted octanol–water partition coefficient (Wildman–Crippen LogP) is 4.22. The summed E-state index contributed by atoms with van der Waals surface area (Å²) in [6, 6.07) is 0. The van der Waals surface area contributed by atoms with Crippen LogP contribution in [0, 0.1) is 0 Å². The molecule has 0 spiro atoms. The molecule has 0 unspecified atom stereocenters. The second kappa shape index (κ2) is 14.8. The number of halogens is 2. The number of rotatable bonds is 0. The van der Waals surface area contributed by atoms with Gasteiger partial charge in [0.2, 0.25) is 0 Å². The smallest absolute Gasteiger partial charge is 0.00218 e. The van der Waals surface area contributed by atoms with Crippen LogP contribution < -0.4 is 0 Å². The zero-order valence-electron chi connectivity index (χ0n) is 12.2. The highest BCUT2D eigenvalue weighted by Crippen LogP contribution is 2.07. The average molecular weight is 482 g/mol. The summed E-state index contributed by atoms with van der Waals surface area (Å²) in [7, 11) is 4.43. The molecule has 0 aliphatic carbocycles. The van der Waals surface area contributed by atoms with Crippen LogP contribution in [0.1, 0.15) is 51.4 Å². The van der Waals surface area contributed by atoms with Gasteiger partial charge in [0.15, 0.2) is 0 Å². The monoisotopic (exact) mass is 482 g/mol. The normalized spacial score (nSPS) is 22.3. The number of hydrogen-bond acceptors (Lipinski definition) is 2. The van der Waals surface area contributed by atoms with Gasteiger partial charge in [-0.25, -0.2) is 0 Å². The molecule has 0 radical (unpaired) electrons. The molecule has 0 aromatic heterocycles. The molecule has 2 rings (SSSR count). The van der Waals surface area contributed by atoms with E-state index >= 15 is 0 Å². The highest BCUT2D eigenvalue weighted by atomic mass is 127. The summed E-state index contributed by atoms with van der Waals surface area (Å²) < 4.78 is 0. The molecule has 112 valence electrons. The summed E-state index contributed by atoms with van der Waals surface area (Å²) in [6.07, 6.45) is 11.4. The maximum absolute atomic E-state index is 2.42. The summed E-state index contributed by atoms with van der Waals surface area (Å²) in [5.74, 6) is 0. The van der Waals surface area contributed by atoms with Crippen LogP contribution in [0.5, 0.6) is 0 Å². The fourth-order valence-electron chi connectivity index (χ4n) is 2.46. The van der Waals surface area contributed by atoms with Gasteiger partial charge in [0.1, 0.15) is 0 Å². The SMILES string of the molecule is CN1CCCCCC1.CN1CCCCCC1.I.I. The van der Waals surface area contributed by atoms with Crippen LogP contribution in [0.3, 0.4) is 0 Å². The van der Waals surface area contributed by atoms with E-state index in [9.17, 15) is 0 Å². The fourth-order valence-corrected chi connectivity index (χ4v) is 2.46. The van der Waals surface area contributed by atoms with Gasteiger partial charge < -0.3 is 9.80 Å². The van der Waals surface area contributed by atoms with E-state index in [2.05, 4.69) is 23.9 Å². The first-order valence-electron chi connectivity index (χ1n) is 7.16. The Morgan fingerprint density at radius 2 is 0.667 bits per heavy atom. The molecule has 0 N–H and O–H groups in total. The van der Waals surface area contributed by atoms with Gasteiger partial charge in [-0.1, -0.05) is 25.7 Å². The molecule has 4 heteroatoms. The van der Waals surface area contributed by atoms with Crippen molar-refractivity contribution in [2.45, 2.75) is 51.4 Å². The van der Waals surface area contributed by atoms with Crippen LogP contribution in [-0.2, 0) is 0 Å². The molecule has 0 saturated carbocycles. The Kier molecular flexibility index (Phi) is 17.8. The van der Waals surface area contributed by atoms with Gasteiger partial charge in [0, 0.05) is 0 Å². The Balaban J connectivity index is 0. The molecule has 0 atom stereocenters. The van der Waals surface area contributed by atoms with E-state index in [0.717, 1.165) is 0 Å². The van der Waals surface area contributed by atoms with Gasteiger partial charge in [-0.05, 0) is 66.0 Å². The molecule has 0 aromatic rings. The number of likely N-dealkylation sites (tertiary alicyclic amines) is 2. The van der Waals surface area contributed by atoms with Crippen molar-refractivity contribution in [1.29, 1.82) is 0 Å². The molecule has 2 aliphatic heterocycles.